The number of ether oxygens (including phenoxy) is 2. The molecular formula is C25H50O5. The number of aliphatic hydroxyl groups is 1. The molecule has 0 saturated carbocycles. The first-order valence-corrected chi connectivity index (χ1v) is 12.7. The summed E-state index contributed by atoms with van der Waals surface area (Å²) in [5.41, 5.74) is 0. The fourth-order valence-corrected chi connectivity index (χ4v) is 3.57. The Hall–Kier alpha value is -0.650. The van der Waals surface area contributed by atoms with Crippen LogP contribution < -0.4 is 0 Å². The van der Waals surface area contributed by atoms with Gasteiger partial charge < -0.3 is 19.7 Å². The molecule has 0 aromatic rings. The normalized spacial score (nSPS) is 12.3. The maximum absolute atomic E-state index is 10.4. The van der Waals surface area contributed by atoms with Gasteiger partial charge in [-0.05, 0) is 19.3 Å². The number of aliphatic carboxylic acids is 1. The van der Waals surface area contributed by atoms with Crippen molar-refractivity contribution in [2.24, 2.45) is 0 Å². The minimum absolute atomic E-state index is 0.0339. The van der Waals surface area contributed by atoms with Crippen LogP contribution in [0.2, 0.25) is 0 Å². The second-order valence-electron chi connectivity index (χ2n) is 8.55. The van der Waals surface area contributed by atoms with E-state index in [-0.39, 0.29) is 19.1 Å². The van der Waals surface area contributed by atoms with E-state index in [4.69, 9.17) is 14.6 Å². The molecule has 30 heavy (non-hydrogen) atoms. The second-order valence-corrected chi connectivity index (χ2v) is 8.55. The van der Waals surface area contributed by atoms with Gasteiger partial charge in [0.25, 0.3) is 0 Å². The number of carboxylic acid groups (broad SMARTS) is 1. The molecular weight excluding hydrogens is 380 g/mol. The monoisotopic (exact) mass is 430 g/mol. The average molecular weight is 431 g/mol. The predicted octanol–water partition coefficient (Wildman–Crippen LogP) is 6.51. The largest absolute Gasteiger partial charge is 0.481 e. The molecule has 0 aliphatic carbocycles. The highest BCUT2D eigenvalue weighted by Gasteiger charge is 2.07. The molecule has 0 rings (SSSR count). The van der Waals surface area contributed by atoms with Crippen molar-refractivity contribution < 1.29 is 24.5 Å². The summed E-state index contributed by atoms with van der Waals surface area (Å²) in [5.74, 6) is -0.749. The zero-order valence-corrected chi connectivity index (χ0v) is 19.8. The Morgan fingerprint density at radius 2 is 1.17 bits per heavy atom. The van der Waals surface area contributed by atoms with Crippen molar-refractivity contribution in [3.8, 4) is 0 Å². The van der Waals surface area contributed by atoms with Crippen molar-refractivity contribution in [2.45, 2.75) is 129 Å². The molecule has 0 radical (unpaired) electrons. The van der Waals surface area contributed by atoms with E-state index in [1.54, 1.807) is 0 Å². The summed E-state index contributed by atoms with van der Waals surface area (Å²) in [7, 11) is 0. The summed E-state index contributed by atoms with van der Waals surface area (Å²) in [6, 6.07) is 0. The van der Waals surface area contributed by atoms with Crippen LogP contribution in [0.4, 0.5) is 0 Å². The van der Waals surface area contributed by atoms with Crippen molar-refractivity contribution in [1.82, 2.24) is 0 Å². The van der Waals surface area contributed by atoms with Crippen molar-refractivity contribution in [3.63, 3.8) is 0 Å². The zero-order valence-electron chi connectivity index (χ0n) is 19.8. The van der Waals surface area contributed by atoms with Crippen LogP contribution in [0, 0.1) is 0 Å². The number of aliphatic hydroxyl groups excluding tert-OH is 1. The summed E-state index contributed by atoms with van der Waals surface area (Å²) in [4.78, 5) is 10.4. The Kier molecular flexibility index (Phi) is 24.1. The SMILES string of the molecule is CCCCCCCCCCCCCCCCOCC(CO)OCCCCCC(=O)O. The van der Waals surface area contributed by atoms with Crippen molar-refractivity contribution in [2.75, 3.05) is 26.4 Å². The highest BCUT2D eigenvalue weighted by atomic mass is 16.5. The molecule has 1 atom stereocenters. The Balaban J connectivity index is 3.25. The van der Waals surface area contributed by atoms with E-state index >= 15 is 0 Å². The standard InChI is InChI=1S/C25H50O5/c1-2-3-4-5-6-7-8-9-10-11-12-13-14-17-20-29-23-24(22-26)30-21-18-15-16-19-25(27)28/h24,26H,2-23H2,1H3,(H,27,28). The highest BCUT2D eigenvalue weighted by Crippen LogP contribution is 2.13. The molecule has 1 unspecified atom stereocenters. The maximum Gasteiger partial charge on any atom is 0.303 e. The molecule has 5 heteroatoms. The predicted molar refractivity (Wildman–Crippen MR) is 124 cm³/mol. The van der Waals surface area contributed by atoms with E-state index in [9.17, 15) is 9.90 Å². The van der Waals surface area contributed by atoms with Gasteiger partial charge in [0.05, 0.1) is 13.2 Å². The van der Waals surface area contributed by atoms with Crippen LogP contribution >= 0.6 is 0 Å². The van der Waals surface area contributed by atoms with Gasteiger partial charge in [0, 0.05) is 19.6 Å². The molecule has 0 saturated heterocycles. The Morgan fingerprint density at radius 3 is 1.67 bits per heavy atom. The van der Waals surface area contributed by atoms with Crippen molar-refractivity contribution in [3.05, 3.63) is 0 Å². The summed E-state index contributed by atoms with van der Waals surface area (Å²) in [6.45, 7) is 3.95. The summed E-state index contributed by atoms with van der Waals surface area (Å²) in [6.07, 6.45) is 21.2. The number of hydrogen-bond acceptors (Lipinski definition) is 4. The van der Waals surface area contributed by atoms with Crippen molar-refractivity contribution >= 4 is 5.97 Å². The highest BCUT2D eigenvalue weighted by molar-refractivity contribution is 5.66. The lowest BCUT2D eigenvalue weighted by atomic mass is 10.0. The van der Waals surface area contributed by atoms with Gasteiger partial charge >= 0.3 is 5.97 Å². The van der Waals surface area contributed by atoms with E-state index in [1.165, 1.54) is 83.5 Å². The fraction of sp³-hybridized carbons (Fsp3) is 0.960. The van der Waals surface area contributed by atoms with Gasteiger partial charge in [-0.15, -0.1) is 0 Å². The van der Waals surface area contributed by atoms with Crippen molar-refractivity contribution in [1.29, 1.82) is 0 Å². The fourth-order valence-electron chi connectivity index (χ4n) is 3.57. The van der Waals surface area contributed by atoms with Gasteiger partial charge in [0.15, 0.2) is 0 Å². The van der Waals surface area contributed by atoms with Gasteiger partial charge in [0.2, 0.25) is 0 Å². The van der Waals surface area contributed by atoms with Crippen LogP contribution in [0.5, 0.6) is 0 Å². The molecule has 0 fully saturated rings. The Labute approximate surface area is 185 Å². The lowest BCUT2D eigenvalue weighted by molar-refractivity contribution is -0.137. The van der Waals surface area contributed by atoms with Gasteiger partial charge in [0.1, 0.15) is 6.10 Å². The topological polar surface area (TPSA) is 76.0 Å². The zero-order chi connectivity index (χ0) is 22.1. The van der Waals surface area contributed by atoms with Gasteiger partial charge in [-0.2, -0.15) is 0 Å². The molecule has 0 bridgehead atoms. The van der Waals surface area contributed by atoms with Crippen LogP contribution in [-0.2, 0) is 14.3 Å². The average Bonchev–Trinajstić information content (AvgIpc) is 2.74. The minimum Gasteiger partial charge on any atom is -0.481 e. The Morgan fingerprint density at radius 1 is 0.700 bits per heavy atom. The quantitative estimate of drug-likeness (QED) is 0.162. The van der Waals surface area contributed by atoms with Crippen LogP contribution in [0.25, 0.3) is 0 Å². The van der Waals surface area contributed by atoms with Crippen LogP contribution in [0.1, 0.15) is 122 Å². The molecule has 0 aromatic heterocycles. The number of carbonyl (C=O) groups is 1. The third-order valence-corrected chi connectivity index (χ3v) is 5.54. The first kappa shape index (κ1) is 29.4. The molecule has 5 nitrogen and oxygen atoms in total. The molecule has 0 aliphatic rings. The smallest absolute Gasteiger partial charge is 0.303 e. The minimum atomic E-state index is -0.749. The lowest BCUT2D eigenvalue weighted by Crippen LogP contribution is -2.24. The molecule has 0 aromatic carbocycles. The van der Waals surface area contributed by atoms with E-state index in [2.05, 4.69) is 6.92 Å². The summed E-state index contributed by atoms with van der Waals surface area (Å²) in [5, 5.41) is 17.9. The van der Waals surface area contributed by atoms with Crippen LogP contribution in [-0.4, -0.2) is 48.7 Å². The second kappa shape index (κ2) is 24.6. The third-order valence-electron chi connectivity index (χ3n) is 5.54. The van der Waals surface area contributed by atoms with Gasteiger partial charge in [-0.25, -0.2) is 0 Å². The molecule has 180 valence electrons. The molecule has 0 aliphatic heterocycles. The molecule has 0 spiro atoms. The number of unbranched alkanes of at least 4 members (excludes halogenated alkanes) is 15. The summed E-state index contributed by atoms with van der Waals surface area (Å²) >= 11 is 0. The molecule has 0 amide bonds. The van der Waals surface area contributed by atoms with E-state index in [0.29, 0.717) is 19.6 Å². The first-order valence-electron chi connectivity index (χ1n) is 12.7. The Bertz CT molecular complexity index is 348. The van der Waals surface area contributed by atoms with E-state index < -0.39 is 5.97 Å². The maximum atomic E-state index is 10.4. The van der Waals surface area contributed by atoms with E-state index in [0.717, 1.165) is 25.9 Å². The number of hydrogen-bond donors (Lipinski definition) is 2. The number of rotatable bonds is 25. The van der Waals surface area contributed by atoms with Crippen LogP contribution in [0.15, 0.2) is 0 Å². The van der Waals surface area contributed by atoms with E-state index in [1.807, 2.05) is 0 Å². The van der Waals surface area contributed by atoms with Gasteiger partial charge in [-0.3, -0.25) is 4.79 Å². The lowest BCUT2D eigenvalue weighted by Gasteiger charge is -2.15. The third kappa shape index (κ3) is 23.6. The molecule has 0 heterocycles. The first-order chi connectivity index (χ1) is 14.7. The van der Waals surface area contributed by atoms with Gasteiger partial charge in [-0.1, -0.05) is 96.8 Å². The summed E-state index contributed by atoms with van der Waals surface area (Å²) < 4.78 is 11.2. The van der Waals surface area contributed by atoms with Crippen LogP contribution in [0.3, 0.4) is 0 Å². The molecule has 2 N–H and O–H groups in total. The number of carboxylic acids is 1.